The molecule has 0 saturated heterocycles. The van der Waals surface area contributed by atoms with Crippen molar-refractivity contribution in [3.63, 3.8) is 0 Å². The predicted octanol–water partition coefficient (Wildman–Crippen LogP) is 3.66. The SMILES string of the molecule is CCCCn1nccc1NC(=O)c1ccc(SC)cc1. The highest BCUT2D eigenvalue weighted by Gasteiger charge is 2.09. The molecule has 1 heterocycles. The maximum atomic E-state index is 12.2. The van der Waals surface area contributed by atoms with E-state index in [-0.39, 0.29) is 5.91 Å². The zero-order valence-corrected chi connectivity index (χ0v) is 12.6. The van der Waals surface area contributed by atoms with Crippen molar-refractivity contribution in [2.75, 3.05) is 11.6 Å². The second-order valence-corrected chi connectivity index (χ2v) is 5.36. The Morgan fingerprint density at radius 1 is 1.30 bits per heavy atom. The summed E-state index contributed by atoms with van der Waals surface area (Å²) in [6.45, 7) is 2.96. The van der Waals surface area contributed by atoms with Gasteiger partial charge >= 0.3 is 0 Å². The second-order valence-electron chi connectivity index (χ2n) is 4.48. The Labute approximate surface area is 123 Å². The fourth-order valence-electron chi connectivity index (χ4n) is 1.86. The van der Waals surface area contributed by atoms with Crippen molar-refractivity contribution >= 4 is 23.5 Å². The van der Waals surface area contributed by atoms with E-state index in [1.54, 1.807) is 18.0 Å². The molecule has 2 aromatic rings. The van der Waals surface area contributed by atoms with E-state index in [0.29, 0.717) is 5.56 Å². The molecule has 0 atom stereocenters. The van der Waals surface area contributed by atoms with E-state index < -0.39 is 0 Å². The van der Waals surface area contributed by atoms with Crippen LogP contribution in [-0.4, -0.2) is 21.9 Å². The predicted molar refractivity (Wildman–Crippen MR) is 83.3 cm³/mol. The minimum absolute atomic E-state index is 0.101. The number of anilines is 1. The number of benzene rings is 1. The lowest BCUT2D eigenvalue weighted by molar-refractivity contribution is 0.102. The van der Waals surface area contributed by atoms with Crippen LogP contribution in [-0.2, 0) is 6.54 Å². The van der Waals surface area contributed by atoms with Gasteiger partial charge in [0.25, 0.3) is 5.91 Å². The molecule has 106 valence electrons. The first kappa shape index (κ1) is 14.7. The van der Waals surface area contributed by atoms with Gasteiger partial charge in [0.2, 0.25) is 0 Å². The lowest BCUT2D eigenvalue weighted by Crippen LogP contribution is -2.15. The van der Waals surface area contributed by atoms with Crippen molar-refractivity contribution in [1.29, 1.82) is 0 Å². The molecule has 0 aliphatic carbocycles. The first-order chi connectivity index (χ1) is 9.74. The molecule has 1 aromatic heterocycles. The molecule has 2 rings (SSSR count). The Hall–Kier alpha value is -1.75. The summed E-state index contributed by atoms with van der Waals surface area (Å²) in [5.74, 6) is 0.647. The minimum Gasteiger partial charge on any atom is -0.307 e. The topological polar surface area (TPSA) is 46.9 Å². The van der Waals surface area contributed by atoms with E-state index in [1.807, 2.05) is 41.3 Å². The standard InChI is InChI=1S/C15H19N3OS/c1-3-4-11-18-14(9-10-16-18)17-15(19)12-5-7-13(20-2)8-6-12/h5-10H,3-4,11H2,1-2H3,(H,17,19). The Morgan fingerprint density at radius 2 is 2.05 bits per heavy atom. The number of hydrogen-bond acceptors (Lipinski definition) is 3. The van der Waals surface area contributed by atoms with Gasteiger partial charge in [0.05, 0.1) is 6.20 Å². The molecule has 20 heavy (non-hydrogen) atoms. The Morgan fingerprint density at radius 3 is 2.70 bits per heavy atom. The summed E-state index contributed by atoms with van der Waals surface area (Å²) in [5.41, 5.74) is 0.658. The fraction of sp³-hybridized carbons (Fsp3) is 0.333. The summed E-state index contributed by atoms with van der Waals surface area (Å²) in [4.78, 5) is 13.3. The summed E-state index contributed by atoms with van der Waals surface area (Å²) in [5, 5.41) is 7.13. The number of amides is 1. The van der Waals surface area contributed by atoms with Gasteiger partial charge in [-0.25, -0.2) is 4.68 Å². The first-order valence-corrected chi connectivity index (χ1v) is 7.94. The molecule has 5 heteroatoms. The number of aryl methyl sites for hydroxylation is 1. The number of aromatic nitrogens is 2. The van der Waals surface area contributed by atoms with Gasteiger partial charge in [-0.1, -0.05) is 13.3 Å². The van der Waals surface area contributed by atoms with Crippen molar-refractivity contribution in [2.45, 2.75) is 31.2 Å². The number of unbranched alkanes of at least 4 members (excludes halogenated alkanes) is 1. The smallest absolute Gasteiger partial charge is 0.256 e. The highest BCUT2D eigenvalue weighted by atomic mass is 32.2. The number of nitrogens with zero attached hydrogens (tertiary/aromatic N) is 2. The molecule has 0 radical (unpaired) electrons. The molecule has 0 fully saturated rings. The molecule has 0 aliphatic heterocycles. The summed E-state index contributed by atoms with van der Waals surface area (Å²) in [6.07, 6.45) is 5.87. The summed E-state index contributed by atoms with van der Waals surface area (Å²) in [6, 6.07) is 9.41. The third-order valence-corrected chi connectivity index (χ3v) is 3.78. The van der Waals surface area contributed by atoms with Crippen molar-refractivity contribution in [2.24, 2.45) is 0 Å². The maximum absolute atomic E-state index is 12.2. The van der Waals surface area contributed by atoms with Crippen LogP contribution in [0.4, 0.5) is 5.82 Å². The highest BCUT2D eigenvalue weighted by molar-refractivity contribution is 7.98. The van der Waals surface area contributed by atoms with Crippen LogP contribution in [0.3, 0.4) is 0 Å². The maximum Gasteiger partial charge on any atom is 0.256 e. The largest absolute Gasteiger partial charge is 0.307 e. The summed E-state index contributed by atoms with van der Waals surface area (Å²) < 4.78 is 1.83. The van der Waals surface area contributed by atoms with Crippen LogP contribution < -0.4 is 5.32 Å². The van der Waals surface area contributed by atoms with Crippen molar-refractivity contribution in [3.8, 4) is 0 Å². The molecule has 4 nitrogen and oxygen atoms in total. The molecule has 0 bridgehead atoms. The van der Waals surface area contributed by atoms with Crippen molar-refractivity contribution in [1.82, 2.24) is 9.78 Å². The Balaban J connectivity index is 2.05. The lowest BCUT2D eigenvalue weighted by atomic mass is 10.2. The van der Waals surface area contributed by atoms with Gasteiger partial charge in [0.15, 0.2) is 0 Å². The van der Waals surface area contributed by atoms with E-state index in [1.165, 1.54) is 0 Å². The number of rotatable bonds is 6. The molecule has 0 saturated carbocycles. The normalized spacial score (nSPS) is 10.5. The van der Waals surface area contributed by atoms with Crippen molar-refractivity contribution < 1.29 is 4.79 Å². The average molecular weight is 289 g/mol. The molecule has 1 N–H and O–H groups in total. The summed E-state index contributed by atoms with van der Waals surface area (Å²) in [7, 11) is 0. The van der Waals surface area contributed by atoms with Gasteiger partial charge in [0.1, 0.15) is 5.82 Å². The lowest BCUT2D eigenvalue weighted by Gasteiger charge is -2.08. The van der Waals surface area contributed by atoms with Crippen LogP contribution in [0, 0.1) is 0 Å². The van der Waals surface area contributed by atoms with Crippen molar-refractivity contribution in [3.05, 3.63) is 42.1 Å². The Kier molecular flexibility index (Phi) is 5.24. The highest BCUT2D eigenvalue weighted by Crippen LogP contribution is 2.16. The van der Waals surface area contributed by atoms with Crippen LogP contribution in [0.15, 0.2) is 41.4 Å². The van der Waals surface area contributed by atoms with E-state index in [0.717, 1.165) is 30.1 Å². The van der Waals surface area contributed by atoms with Gasteiger partial charge in [-0.15, -0.1) is 11.8 Å². The Bertz CT molecular complexity index is 563. The van der Waals surface area contributed by atoms with E-state index in [4.69, 9.17) is 0 Å². The van der Waals surface area contributed by atoms with Crippen LogP contribution in [0.25, 0.3) is 0 Å². The molecule has 0 unspecified atom stereocenters. The van der Waals surface area contributed by atoms with Gasteiger partial charge in [0, 0.05) is 23.1 Å². The third kappa shape index (κ3) is 3.63. The second kappa shape index (κ2) is 7.14. The van der Waals surface area contributed by atoms with Gasteiger partial charge in [-0.3, -0.25) is 4.79 Å². The zero-order valence-electron chi connectivity index (χ0n) is 11.8. The number of hydrogen-bond donors (Lipinski definition) is 1. The zero-order chi connectivity index (χ0) is 14.4. The van der Waals surface area contributed by atoms with Gasteiger partial charge in [-0.2, -0.15) is 5.10 Å². The van der Waals surface area contributed by atoms with Gasteiger partial charge in [-0.05, 0) is 36.9 Å². The minimum atomic E-state index is -0.101. The third-order valence-electron chi connectivity index (χ3n) is 3.03. The fourth-order valence-corrected chi connectivity index (χ4v) is 2.26. The van der Waals surface area contributed by atoms with E-state index >= 15 is 0 Å². The molecule has 0 aliphatic rings. The molecule has 1 amide bonds. The average Bonchev–Trinajstić information content (AvgIpc) is 2.92. The van der Waals surface area contributed by atoms with E-state index in [9.17, 15) is 4.79 Å². The monoisotopic (exact) mass is 289 g/mol. The number of carbonyl (C=O) groups is 1. The first-order valence-electron chi connectivity index (χ1n) is 6.72. The molecule has 1 aromatic carbocycles. The molecule has 0 spiro atoms. The van der Waals surface area contributed by atoms with Crippen LogP contribution in [0.5, 0.6) is 0 Å². The van der Waals surface area contributed by atoms with Crippen LogP contribution >= 0.6 is 11.8 Å². The van der Waals surface area contributed by atoms with Crippen LogP contribution in [0.2, 0.25) is 0 Å². The number of nitrogens with one attached hydrogen (secondary N) is 1. The molecular formula is C15H19N3OS. The van der Waals surface area contributed by atoms with Crippen LogP contribution in [0.1, 0.15) is 30.1 Å². The van der Waals surface area contributed by atoms with Gasteiger partial charge < -0.3 is 5.32 Å². The van der Waals surface area contributed by atoms with E-state index in [2.05, 4.69) is 17.3 Å². The summed E-state index contributed by atoms with van der Waals surface area (Å²) >= 11 is 1.66. The number of thioether (sulfide) groups is 1. The quantitative estimate of drug-likeness (QED) is 0.826. The number of carbonyl (C=O) groups excluding carboxylic acids is 1. The molecular weight excluding hydrogens is 270 g/mol.